The second-order valence-corrected chi connectivity index (χ2v) is 7.08. The predicted molar refractivity (Wildman–Crippen MR) is 111 cm³/mol. The first-order chi connectivity index (χ1) is 13.6. The molecule has 0 aliphatic rings. The molecule has 0 radical (unpaired) electrons. The highest BCUT2D eigenvalue weighted by Gasteiger charge is 2.17. The van der Waals surface area contributed by atoms with Crippen molar-refractivity contribution in [1.29, 1.82) is 0 Å². The van der Waals surface area contributed by atoms with Gasteiger partial charge in [-0.15, -0.1) is 11.3 Å². The summed E-state index contributed by atoms with van der Waals surface area (Å²) in [4.78, 5) is 30.0. The summed E-state index contributed by atoms with van der Waals surface area (Å²) in [6, 6.07) is 14.9. The Balaban J connectivity index is 1.67. The largest absolute Gasteiger partial charge is 0.497 e. The molecule has 4 rings (SSSR count). The normalized spacial score (nSPS) is 10.8. The van der Waals surface area contributed by atoms with Crippen LogP contribution >= 0.6 is 11.3 Å². The average Bonchev–Trinajstić information content (AvgIpc) is 3.19. The molecule has 2 aromatic carbocycles. The van der Waals surface area contributed by atoms with E-state index in [1.807, 2.05) is 35.7 Å². The molecule has 2 aromatic heterocycles. The van der Waals surface area contributed by atoms with E-state index < -0.39 is 5.91 Å². The standard InChI is InChI=1S/C21H17N3O3S/c1-24-11-16(19(25)15-10-14(27-2)8-9-18(15)24)20(26)23-21-22-17(12-28-21)13-6-4-3-5-7-13/h3-12H,1-2H3,(H,22,23,26). The predicted octanol–water partition coefficient (Wildman–Crippen LogP) is 3.92. The summed E-state index contributed by atoms with van der Waals surface area (Å²) in [5.41, 5.74) is 2.18. The van der Waals surface area contributed by atoms with Gasteiger partial charge in [0, 0.05) is 24.2 Å². The Morgan fingerprint density at radius 3 is 2.71 bits per heavy atom. The first kappa shape index (κ1) is 17.9. The number of amides is 1. The number of pyridine rings is 1. The summed E-state index contributed by atoms with van der Waals surface area (Å²) < 4.78 is 6.95. The maximum Gasteiger partial charge on any atom is 0.262 e. The Morgan fingerprint density at radius 1 is 1.18 bits per heavy atom. The summed E-state index contributed by atoms with van der Waals surface area (Å²) in [7, 11) is 3.33. The topological polar surface area (TPSA) is 73.2 Å². The number of carbonyl (C=O) groups is 1. The second kappa shape index (κ2) is 7.28. The van der Waals surface area contributed by atoms with Gasteiger partial charge in [-0.2, -0.15) is 0 Å². The minimum Gasteiger partial charge on any atom is -0.497 e. The molecule has 0 saturated carbocycles. The quantitative estimate of drug-likeness (QED) is 0.572. The van der Waals surface area contributed by atoms with Crippen LogP contribution in [-0.4, -0.2) is 22.6 Å². The summed E-state index contributed by atoms with van der Waals surface area (Å²) >= 11 is 1.32. The summed E-state index contributed by atoms with van der Waals surface area (Å²) in [5, 5.41) is 5.47. The zero-order valence-corrected chi connectivity index (χ0v) is 16.1. The number of hydrogen-bond donors (Lipinski definition) is 1. The van der Waals surface area contributed by atoms with Gasteiger partial charge in [0.15, 0.2) is 5.13 Å². The molecule has 0 saturated heterocycles. The lowest BCUT2D eigenvalue weighted by Crippen LogP contribution is -2.23. The number of nitrogens with one attached hydrogen (secondary N) is 1. The van der Waals surface area contributed by atoms with Gasteiger partial charge in [0.2, 0.25) is 5.43 Å². The van der Waals surface area contributed by atoms with Crippen molar-refractivity contribution in [3.8, 4) is 17.0 Å². The van der Waals surface area contributed by atoms with Crippen LogP contribution in [0, 0.1) is 0 Å². The van der Waals surface area contributed by atoms with Crippen LogP contribution in [0.3, 0.4) is 0 Å². The lowest BCUT2D eigenvalue weighted by atomic mass is 10.1. The van der Waals surface area contributed by atoms with Crippen molar-refractivity contribution in [1.82, 2.24) is 9.55 Å². The molecule has 140 valence electrons. The maximum atomic E-state index is 12.9. The highest BCUT2D eigenvalue weighted by atomic mass is 32.1. The average molecular weight is 391 g/mol. The molecule has 0 atom stereocenters. The summed E-state index contributed by atoms with van der Waals surface area (Å²) in [5.74, 6) is 0.0777. The molecule has 0 fully saturated rings. The van der Waals surface area contributed by atoms with E-state index in [0.717, 1.165) is 16.8 Å². The number of ether oxygens (including phenoxy) is 1. The van der Waals surface area contributed by atoms with Crippen molar-refractivity contribution < 1.29 is 9.53 Å². The maximum absolute atomic E-state index is 12.9. The number of rotatable bonds is 4. The minimum atomic E-state index is -0.487. The molecule has 1 amide bonds. The molecule has 0 bridgehead atoms. The van der Waals surface area contributed by atoms with Crippen LogP contribution in [-0.2, 0) is 7.05 Å². The second-order valence-electron chi connectivity index (χ2n) is 6.22. The van der Waals surface area contributed by atoms with Crippen LogP contribution < -0.4 is 15.5 Å². The lowest BCUT2D eigenvalue weighted by Gasteiger charge is -2.10. The Kier molecular flexibility index (Phi) is 4.67. The number of benzene rings is 2. The molecule has 0 aliphatic heterocycles. The molecule has 0 aliphatic carbocycles. The number of anilines is 1. The summed E-state index contributed by atoms with van der Waals surface area (Å²) in [6.07, 6.45) is 1.54. The van der Waals surface area contributed by atoms with Crippen LogP contribution in [0.1, 0.15) is 10.4 Å². The van der Waals surface area contributed by atoms with Crippen molar-refractivity contribution in [3.05, 3.63) is 75.9 Å². The van der Waals surface area contributed by atoms with Crippen LogP contribution in [0.2, 0.25) is 0 Å². The molecule has 1 N–H and O–H groups in total. The highest BCUT2D eigenvalue weighted by Crippen LogP contribution is 2.25. The SMILES string of the molecule is COc1ccc2c(c1)c(=O)c(C(=O)Nc1nc(-c3ccccc3)cs1)cn2C. The third kappa shape index (κ3) is 3.27. The van der Waals surface area contributed by atoms with Crippen LogP contribution in [0.4, 0.5) is 5.13 Å². The Hall–Kier alpha value is -3.45. The molecule has 6 nitrogen and oxygen atoms in total. The molecule has 7 heteroatoms. The van der Waals surface area contributed by atoms with E-state index in [4.69, 9.17) is 4.74 Å². The number of hydrogen-bond acceptors (Lipinski definition) is 5. The fourth-order valence-corrected chi connectivity index (χ4v) is 3.71. The third-order valence-corrected chi connectivity index (χ3v) is 5.19. The zero-order valence-electron chi connectivity index (χ0n) is 15.3. The van der Waals surface area contributed by atoms with E-state index in [2.05, 4.69) is 10.3 Å². The number of nitrogens with zero attached hydrogens (tertiary/aromatic N) is 2. The monoisotopic (exact) mass is 391 g/mol. The van der Waals surface area contributed by atoms with E-state index in [9.17, 15) is 9.59 Å². The minimum absolute atomic E-state index is 0.0553. The molecule has 4 aromatic rings. The van der Waals surface area contributed by atoms with Gasteiger partial charge in [-0.3, -0.25) is 14.9 Å². The van der Waals surface area contributed by atoms with Gasteiger partial charge in [0.25, 0.3) is 5.91 Å². The Labute approximate surface area is 165 Å². The highest BCUT2D eigenvalue weighted by molar-refractivity contribution is 7.14. The van der Waals surface area contributed by atoms with Crippen molar-refractivity contribution in [2.75, 3.05) is 12.4 Å². The van der Waals surface area contributed by atoms with E-state index >= 15 is 0 Å². The zero-order chi connectivity index (χ0) is 19.7. The Morgan fingerprint density at radius 2 is 1.96 bits per heavy atom. The first-order valence-electron chi connectivity index (χ1n) is 8.56. The number of fused-ring (bicyclic) bond motifs is 1. The van der Waals surface area contributed by atoms with Gasteiger partial charge in [0.05, 0.1) is 23.7 Å². The van der Waals surface area contributed by atoms with Crippen molar-refractivity contribution in [3.63, 3.8) is 0 Å². The van der Waals surface area contributed by atoms with Gasteiger partial charge in [-0.1, -0.05) is 30.3 Å². The number of thiazole rings is 1. The molecule has 0 spiro atoms. The molecule has 28 heavy (non-hydrogen) atoms. The molecular weight excluding hydrogens is 374 g/mol. The van der Waals surface area contributed by atoms with Crippen LogP contribution in [0.15, 0.2) is 64.9 Å². The smallest absolute Gasteiger partial charge is 0.262 e. The number of aromatic nitrogens is 2. The third-order valence-electron chi connectivity index (χ3n) is 4.43. The number of aryl methyl sites for hydroxylation is 1. The van der Waals surface area contributed by atoms with Gasteiger partial charge in [0.1, 0.15) is 11.3 Å². The molecule has 0 unspecified atom stereocenters. The van der Waals surface area contributed by atoms with Crippen molar-refractivity contribution in [2.45, 2.75) is 0 Å². The van der Waals surface area contributed by atoms with Crippen molar-refractivity contribution in [2.24, 2.45) is 7.05 Å². The Bertz CT molecular complexity index is 1230. The number of methoxy groups -OCH3 is 1. The number of carbonyl (C=O) groups excluding carboxylic acids is 1. The van der Waals surface area contributed by atoms with Crippen LogP contribution in [0.25, 0.3) is 22.2 Å². The lowest BCUT2D eigenvalue weighted by molar-refractivity contribution is 0.102. The van der Waals surface area contributed by atoms with Crippen LogP contribution in [0.5, 0.6) is 5.75 Å². The molecule has 2 heterocycles. The first-order valence-corrected chi connectivity index (χ1v) is 9.44. The molecular formula is C21H17N3O3S. The van der Waals surface area contributed by atoms with E-state index in [0.29, 0.717) is 16.3 Å². The van der Waals surface area contributed by atoms with Gasteiger partial charge >= 0.3 is 0 Å². The van der Waals surface area contributed by atoms with E-state index in [-0.39, 0.29) is 11.0 Å². The fraction of sp³-hybridized carbons (Fsp3) is 0.0952. The van der Waals surface area contributed by atoms with E-state index in [1.165, 1.54) is 24.6 Å². The van der Waals surface area contributed by atoms with E-state index in [1.54, 1.807) is 29.8 Å². The van der Waals surface area contributed by atoms with Gasteiger partial charge in [-0.05, 0) is 18.2 Å². The fourth-order valence-electron chi connectivity index (χ4n) is 3.00. The summed E-state index contributed by atoms with van der Waals surface area (Å²) in [6.45, 7) is 0. The van der Waals surface area contributed by atoms with Gasteiger partial charge < -0.3 is 9.30 Å². The van der Waals surface area contributed by atoms with Crippen molar-refractivity contribution >= 4 is 33.3 Å². The van der Waals surface area contributed by atoms with Gasteiger partial charge in [-0.25, -0.2) is 4.98 Å².